The molecule has 0 rings (SSSR count). The van der Waals surface area contributed by atoms with Crippen molar-refractivity contribution in [2.24, 2.45) is 5.92 Å². The standard InChI is InChI=1S/C12H28OSi/c1-6-13-14(4,5)11-9-7-8-10-12(2)3/h12H,6-11H2,1-5H3. The molecule has 2 heteroatoms. The predicted molar refractivity (Wildman–Crippen MR) is 67.2 cm³/mol. The summed E-state index contributed by atoms with van der Waals surface area (Å²) in [4.78, 5) is 0. The summed E-state index contributed by atoms with van der Waals surface area (Å²) >= 11 is 0. The van der Waals surface area contributed by atoms with E-state index < -0.39 is 8.32 Å². The van der Waals surface area contributed by atoms with E-state index in [-0.39, 0.29) is 0 Å². The highest BCUT2D eigenvalue weighted by Crippen LogP contribution is 2.17. The second-order valence-electron chi connectivity index (χ2n) is 5.19. The highest BCUT2D eigenvalue weighted by Gasteiger charge is 2.20. The van der Waals surface area contributed by atoms with E-state index in [0.29, 0.717) is 0 Å². The smallest absolute Gasteiger partial charge is 0.186 e. The minimum atomic E-state index is -1.28. The number of unbranched alkanes of at least 4 members (excludes halogenated alkanes) is 2. The topological polar surface area (TPSA) is 9.23 Å². The molecule has 0 saturated heterocycles. The molecule has 0 aliphatic carbocycles. The average Bonchev–Trinajstić information content (AvgIpc) is 2.02. The van der Waals surface area contributed by atoms with Gasteiger partial charge in [-0.3, -0.25) is 0 Å². The molecule has 14 heavy (non-hydrogen) atoms. The van der Waals surface area contributed by atoms with Crippen molar-refractivity contribution >= 4 is 8.32 Å². The van der Waals surface area contributed by atoms with Crippen molar-refractivity contribution in [2.45, 2.75) is 65.6 Å². The molecule has 0 radical (unpaired) electrons. The molecule has 0 atom stereocenters. The zero-order valence-corrected chi connectivity index (χ0v) is 11.7. The third-order valence-electron chi connectivity index (χ3n) is 2.60. The summed E-state index contributed by atoms with van der Waals surface area (Å²) in [7, 11) is -1.28. The summed E-state index contributed by atoms with van der Waals surface area (Å²) in [6.45, 7) is 12.3. The molecule has 1 nitrogen and oxygen atoms in total. The maximum Gasteiger partial charge on any atom is 0.186 e. The Kier molecular flexibility index (Phi) is 7.56. The van der Waals surface area contributed by atoms with Gasteiger partial charge in [-0.25, -0.2) is 0 Å². The molecule has 0 spiro atoms. The van der Waals surface area contributed by atoms with Gasteiger partial charge in [0.25, 0.3) is 0 Å². The Morgan fingerprint density at radius 3 is 2.21 bits per heavy atom. The largest absolute Gasteiger partial charge is 0.418 e. The lowest BCUT2D eigenvalue weighted by atomic mass is 10.1. The number of rotatable bonds is 8. The van der Waals surface area contributed by atoms with Gasteiger partial charge in [0.05, 0.1) is 0 Å². The van der Waals surface area contributed by atoms with Crippen molar-refractivity contribution in [1.82, 2.24) is 0 Å². The van der Waals surface area contributed by atoms with Crippen molar-refractivity contribution < 1.29 is 4.43 Å². The lowest BCUT2D eigenvalue weighted by Crippen LogP contribution is -2.29. The first kappa shape index (κ1) is 14.2. The van der Waals surface area contributed by atoms with Gasteiger partial charge in [0.1, 0.15) is 0 Å². The molecule has 86 valence electrons. The van der Waals surface area contributed by atoms with E-state index in [2.05, 4.69) is 33.9 Å². The van der Waals surface area contributed by atoms with Crippen LogP contribution < -0.4 is 0 Å². The van der Waals surface area contributed by atoms with Gasteiger partial charge in [-0.05, 0) is 32.0 Å². The van der Waals surface area contributed by atoms with Crippen molar-refractivity contribution in [1.29, 1.82) is 0 Å². The molecule has 0 aromatic carbocycles. The van der Waals surface area contributed by atoms with E-state index >= 15 is 0 Å². The van der Waals surface area contributed by atoms with Crippen LogP contribution in [0.25, 0.3) is 0 Å². The maximum atomic E-state index is 5.80. The van der Waals surface area contributed by atoms with Crippen LogP contribution in [-0.4, -0.2) is 14.9 Å². The maximum absolute atomic E-state index is 5.80. The Labute approximate surface area is 91.4 Å². The highest BCUT2D eigenvalue weighted by atomic mass is 28.4. The Morgan fingerprint density at radius 2 is 1.71 bits per heavy atom. The van der Waals surface area contributed by atoms with Gasteiger partial charge in [-0.2, -0.15) is 0 Å². The molecular weight excluding hydrogens is 188 g/mol. The fraction of sp³-hybridized carbons (Fsp3) is 1.00. The molecule has 0 amide bonds. The van der Waals surface area contributed by atoms with Crippen LogP contribution in [0.5, 0.6) is 0 Å². The Morgan fingerprint density at radius 1 is 1.07 bits per heavy atom. The third-order valence-corrected chi connectivity index (χ3v) is 5.22. The summed E-state index contributed by atoms with van der Waals surface area (Å²) in [6, 6.07) is 1.33. The molecule has 0 N–H and O–H groups in total. The van der Waals surface area contributed by atoms with Gasteiger partial charge in [0.2, 0.25) is 0 Å². The van der Waals surface area contributed by atoms with Crippen molar-refractivity contribution in [2.75, 3.05) is 6.61 Å². The van der Waals surface area contributed by atoms with E-state index in [9.17, 15) is 0 Å². The van der Waals surface area contributed by atoms with Gasteiger partial charge in [0, 0.05) is 6.61 Å². The molecule has 0 bridgehead atoms. The second-order valence-corrected chi connectivity index (χ2v) is 9.49. The summed E-state index contributed by atoms with van der Waals surface area (Å²) in [5.74, 6) is 0.868. The summed E-state index contributed by atoms with van der Waals surface area (Å²) in [5, 5.41) is 0. The zero-order valence-electron chi connectivity index (χ0n) is 10.7. The van der Waals surface area contributed by atoms with E-state index in [1.165, 1.54) is 31.7 Å². The minimum Gasteiger partial charge on any atom is -0.418 e. The highest BCUT2D eigenvalue weighted by molar-refractivity contribution is 6.71. The van der Waals surface area contributed by atoms with E-state index in [0.717, 1.165) is 12.5 Å². The molecule has 0 fully saturated rings. The lowest BCUT2D eigenvalue weighted by Gasteiger charge is -2.21. The molecule has 0 aromatic heterocycles. The second kappa shape index (κ2) is 7.47. The van der Waals surface area contributed by atoms with Crippen LogP contribution in [-0.2, 0) is 4.43 Å². The van der Waals surface area contributed by atoms with Gasteiger partial charge in [-0.1, -0.05) is 39.5 Å². The fourth-order valence-electron chi connectivity index (χ4n) is 1.74. The first-order chi connectivity index (χ1) is 6.48. The molecular formula is C12H28OSi. The quantitative estimate of drug-likeness (QED) is 0.430. The number of hydrogen-bond acceptors (Lipinski definition) is 1. The first-order valence-corrected chi connectivity index (χ1v) is 9.23. The van der Waals surface area contributed by atoms with Crippen molar-refractivity contribution in [3.63, 3.8) is 0 Å². The van der Waals surface area contributed by atoms with Gasteiger partial charge in [-0.15, -0.1) is 0 Å². The molecule has 0 aliphatic heterocycles. The monoisotopic (exact) mass is 216 g/mol. The van der Waals surface area contributed by atoms with Crippen LogP contribution in [0.2, 0.25) is 19.1 Å². The van der Waals surface area contributed by atoms with Crippen LogP contribution in [0.1, 0.15) is 46.5 Å². The van der Waals surface area contributed by atoms with Gasteiger partial charge in [0.15, 0.2) is 8.32 Å². The van der Waals surface area contributed by atoms with Crippen molar-refractivity contribution in [3.8, 4) is 0 Å². The van der Waals surface area contributed by atoms with Crippen LogP contribution in [0.3, 0.4) is 0 Å². The summed E-state index contributed by atoms with van der Waals surface area (Å²) in [6.07, 6.45) is 5.54. The van der Waals surface area contributed by atoms with Crippen LogP contribution in [0.15, 0.2) is 0 Å². The molecule has 0 aromatic rings. The van der Waals surface area contributed by atoms with Crippen LogP contribution >= 0.6 is 0 Å². The van der Waals surface area contributed by atoms with E-state index in [4.69, 9.17) is 4.43 Å². The SMILES string of the molecule is CCO[Si](C)(C)CCCCCC(C)C. The van der Waals surface area contributed by atoms with E-state index in [1.807, 2.05) is 0 Å². The Balaban J connectivity index is 3.34. The minimum absolute atomic E-state index is 0.868. The van der Waals surface area contributed by atoms with Gasteiger partial charge >= 0.3 is 0 Å². The molecule has 0 saturated carbocycles. The summed E-state index contributed by atoms with van der Waals surface area (Å²) in [5.41, 5.74) is 0. The zero-order chi connectivity index (χ0) is 11.0. The average molecular weight is 216 g/mol. The van der Waals surface area contributed by atoms with Crippen molar-refractivity contribution in [3.05, 3.63) is 0 Å². The lowest BCUT2D eigenvalue weighted by molar-refractivity contribution is 0.327. The predicted octanol–water partition coefficient (Wildman–Crippen LogP) is 4.44. The number of hydrogen-bond donors (Lipinski definition) is 0. The Hall–Kier alpha value is 0.177. The molecule has 0 heterocycles. The normalized spacial score (nSPS) is 12.4. The third kappa shape index (κ3) is 8.76. The molecule has 0 unspecified atom stereocenters. The summed E-state index contributed by atoms with van der Waals surface area (Å²) < 4.78 is 5.80. The van der Waals surface area contributed by atoms with Crippen LogP contribution in [0.4, 0.5) is 0 Å². The Bertz CT molecular complexity index is 132. The van der Waals surface area contributed by atoms with Gasteiger partial charge < -0.3 is 4.43 Å². The first-order valence-electron chi connectivity index (χ1n) is 6.12. The van der Waals surface area contributed by atoms with Crippen LogP contribution in [0, 0.1) is 5.92 Å². The molecule has 0 aliphatic rings. The fourth-order valence-corrected chi connectivity index (χ4v) is 3.77. The van der Waals surface area contributed by atoms with E-state index in [1.54, 1.807) is 0 Å².